The summed E-state index contributed by atoms with van der Waals surface area (Å²) in [5, 5.41) is 6.36. The van der Waals surface area contributed by atoms with E-state index in [1.54, 1.807) is 0 Å². The minimum atomic E-state index is 0.793. The van der Waals surface area contributed by atoms with E-state index in [0.717, 1.165) is 82.8 Å². The van der Waals surface area contributed by atoms with Crippen molar-refractivity contribution < 1.29 is 8.83 Å². The molecule has 12 rings (SSSR count). The summed E-state index contributed by atoms with van der Waals surface area (Å²) in [6.07, 6.45) is 0. The van der Waals surface area contributed by atoms with Crippen LogP contribution < -0.4 is 4.90 Å². The van der Waals surface area contributed by atoms with Gasteiger partial charge in [-0.1, -0.05) is 176 Å². The Labute approximate surface area is 353 Å². The fourth-order valence-corrected chi connectivity index (χ4v) is 9.05. The molecule has 2 aromatic heterocycles. The molecule has 61 heavy (non-hydrogen) atoms. The largest absolute Gasteiger partial charge is 0.456 e. The van der Waals surface area contributed by atoms with Gasteiger partial charge in [-0.3, -0.25) is 0 Å². The summed E-state index contributed by atoms with van der Waals surface area (Å²) in [4.78, 5) is 2.39. The van der Waals surface area contributed by atoms with E-state index >= 15 is 0 Å². The van der Waals surface area contributed by atoms with Crippen LogP contribution in [0.2, 0.25) is 0 Å². The molecule has 286 valence electrons. The summed E-state index contributed by atoms with van der Waals surface area (Å²) in [6, 6.07) is 79.9. The third-order valence-corrected chi connectivity index (χ3v) is 12.1. The van der Waals surface area contributed by atoms with Crippen LogP contribution >= 0.6 is 0 Å². The van der Waals surface area contributed by atoms with E-state index in [1.165, 1.54) is 33.4 Å². The zero-order valence-corrected chi connectivity index (χ0v) is 33.1. The quantitative estimate of drug-likeness (QED) is 0.161. The van der Waals surface area contributed by atoms with Crippen LogP contribution in [-0.4, -0.2) is 0 Å². The number of benzene rings is 10. The van der Waals surface area contributed by atoms with Crippen molar-refractivity contribution >= 4 is 71.7 Å². The monoisotopic (exact) mass is 779 g/mol. The standard InChI is InChI=1S/C58H37NO2/c1-3-11-38(12-4-1)40-19-23-42(24-20-40)44-27-31-47(32-28-44)59(48-33-29-45(30-34-48)43-25-21-41(22-26-43)39-13-5-2-6-14-39)57-49-16-8-7-15-46(49)37-54-55(57)56-53(60-54)36-35-51-50-17-9-10-18-52(50)61-58(51)56/h1-37H. The molecule has 0 amide bonds. The summed E-state index contributed by atoms with van der Waals surface area (Å²) in [5.41, 5.74) is 15.9. The Morgan fingerprint density at radius 2 is 0.721 bits per heavy atom. The molecule has 0 aliphatic heterocycles. The Balaban J connectivity index is 1.04. The first kappa shape index (κ1) is 34.9. The molecule has 0 unspecified atom stereocenters. The van der Waals surface area contributed by atoms with Crippen LogP contribution in [-0.2, 0) is 0 Å². The second-order valence-corrected chi connectivity index (χ2v) is 15.7. The van der Waals surface area contributed by atoms with Gasteiger partial charge in [0.1, 0.15) is 22.3 Å². The summed E-state index contributed by atoms with van der Waals surface area (Å²) in [6.45, 7) is 0. The molecule has 3 heteroatoms. The fourth-order valence-electron chi connectivity index (χ4n) is 9.05. The van der Waals surface area contributed by atoms with Gasteiger partial charge in [-0.25, -0.2) is 0 Å². The Kier molecular flexibility index (Phi) is 8.17. The molecule has 3 nitrogen and oxygen atoms in total. The van der Waals surface area contributed by atoms with Gasteiger partial charge in [0.2, 0.25) is 0 Å². The predicted octanol–water partition coefficient (Wildman–Crippen LogP) is 16.8. The molecule has 12 aromatic rings. The third-order valence-electron chi connectivity index (χ3n) is 12.1. The van der Waals surface area contributed by atoms with Gasteiger partial charge in [0.25, 0.3) is 0 Å². The van der Waals surface area contributed by atoms with E-state index < -0.39 is 0 Å². The van der Waals surface area contributed by atoms with Crippen LogP contribution in [0.25, 0.3) is 99.2 Å². The maximum absolute atomic E-state index is 6.78. The van der Waals surface area contributed by atoms with E-state index in [2.05, 4.69) is 217 Å². The van der Waals surface area contributed by atoms with Gasteiger partial charge in [-0.2, -0.15) is 0 Å². The van der Waals surface area contributed by atoms with Gasteiger partial charge >= 0.3 is 0 Å². The second-order valence-electron chi connectivity index (χ2n) is 15.7. The summed E-state index contributed by atoms with van der Waals surface area (Å²) in [5.74, 6) is 0. The van der Waals surface area contributed by atoms with Crippen molar-refractivity contribution in [3.63, 3.8) is 0 Å². The minimum Gasteiger partial charge on any atom is -0.456 e. The van der Waals surface area contributed by atoms with Crippen LogP contribution in [0.5, 0.6) is 0 Å². The molecule has 0 bridgehead atoms. The summed E-state index contributed by atoms with van der Waals surface area (Å²) >= 11 is 0. The molecule has 0 atom stereocenters. The van der Waals surface area contributed by atoms with Gasteiger partial charge in [0.15, 0.2) is 0 Å². The molecule has 2 heterocycles. The van der Waals surface area contributed by atoms with Crippen LogP contribution in [0.3, 0.4) is 0 Å². The first-order valence-electron chi connectivity index (χ1n) is 20.7. The SMILES string of the molecule is c1ccc(-c2ccc(-c3ccc(N(c4ccc(-c5ccc(-c6ccccc6)cc5)cc4)c4c5ccccc5cc5oc6ccc7c8ccccc8oc7c6c45)cc3)cc2)cc1. The van der Waals surface area contributed by atoms with E-state index in [1.807, 2.05) is 12.1 Å². The molecular formula is C58H37NO2. The van der Waals surface area contributed by atoms with Crippen molar-refractivity contribution in [3.05, 3.63) is 224 Å². The molecule has 0 radical (unpaired) electrons. The molecule has 0 spiro atoms. The van der Waals surface area contributed by atoms with Crippen molar-refractivity contribution in [1.29, 1.82) is 0 Å². The molecule has 0 saturated carbocycles. The first-order chi connectivity index (χ1) is 30.2. The highest BCUT2D eigenvalue weighted by atomic mass is 16.3. The lowest BCUT2D eigenvalue weighted by atomic mass is 9.98. The lowest BCUT2D eigenvalue weighted by Gasteiger charge is -2.28. The number of hydrogen-bond acceptors (Lipinski definition) is 3. The lowest BCUT2D eigenvalue weighted by molar-refractivity contribution is 0.663. The summed E-state index contributed by atoms with van der Waals surface area (Å²) < 4.78 is 13.5. The van der Waals surface area contributed by atoms with E-state index in [-0.39, 0.29) is 0 Å². The number of hydrogen-bond donors (Lipinski definition) is 0. The Hall–Kier alpha value is -8.14. The predicted molar refractivity (Wildman–Crippen MR) is 255 cm³/mol. The number of fused-ring (bicyclic) bond motifs is 8. The van der Waals surface area contributed by atoms with Gasteiger partial charge < -0.3 is 13.7 Å². The Morgan fingerprint density at radius 3 is 1.26 bits per heavy atom. The summed E-state index contributed by atoms with van der Waals surface area (Å²) in [7, 11) is 0. The highest BCUT2D eigenvalue weighted by Crippen LogP contribution is 2.50. The number of para-hydroxylation sites is 1. The van der Waals surface area contributed by atoms with Crippen LogP contribution in [0.1, 0.15) is 0 Å². The van der Waals surface area contributed by atoms with Crippen molar-refractivity contribution in [1.82, 2.24) is 0 Å². The topological polar surface area (TPSA) is 29.5 Å². The average Bonchev–Trinajstić information content (AvgIpc) is 3.91. The smallest absolute Gasteiger partial charge is 0.147 e. The molecule has 0 N–H and O–H groups in total. The van der Waals surface area contributed by atoms with E-state index in [0.29, 0.717) is 0 Å². The first-order valence-corrected chi connectivity index (χ1v) is 20.7. The van der Waals surface area contributed by atoms with Crippen molar-refractivity contribution in [2.24, 2.45) is 0 Å². The van der Waals surface area contributed by atoms with Gasteiger partial charge in [0, 0.05) is 27.5 Å². The molecular weight excluding hydrogens is 743 g/mol. The molecule has 0 aliphatic carbocycles. The number of rotatable bonds is 7. The lowest BCUT2D eigenvalue weighted by Crippen LogP contribution is -2.11. The van der Waals surface area contributed by atoms with Crippen molar-refractivity contribution in [2.45, 2.75) is 0 Å². The average molecular weight is 780 g/mol. The van der Waals surface area contributed by atoms with Crippen LogP contribution in [0.15, 0.2) is 233 Å². The van der Waals surface area contributed by atoms with Crippen molar-refractivity contribution in [3.8, 4) is 44.5 Å². The van der Waals surface area contributed by atoms with E-state index in [4.69, 9.17) is 8.83 Å². The molecule has 0 fully saturated rings. The molecule has 10 aromatic carbocycles. The minimum absolute atomic E-state index is 0.793. The van der Waals surface area contributed by atoms with Gasteiger partial charge in [-0.05, 0) is 98.4 Å². The second kappa shape index (κ2) is 14.3. The van der Waals surface area contributed by atoms with Crippen LogP contribution in [0.4, 0.5) is 17.1 Å². The zero-order chi connectivity index (χ0) is 40.3. The highest BCUT2D eigenvalue weighted by Gasteiger charge is 2.25. The third kappa shape index (κ3) is 5.98. The molecule has 0 aliphatic rings. The van der Waals surface area contributed by atoms with Gasteiger partial charge in [0.05, 0.1) is 16.5 Å². The van der Waals surface area contributed by atoms with E-state index in [9.17, 15) is 0 Å². The van der Waals surface area contributed by atoms with Crippen LogP contribution in [0, 0.1) is 0 Å². The maximum atomic E-state index is 6.78. The number of furan rings is 2. The zero-order valence-electron chi connectivity index (χ0n) is 33.1. The Morgan fingerprint density at radius 1 is 0.279 bits per heavy atom. The number of nitrogens with zero attached hydrogens (tertiary/aromatic N) is 1. The van der Waals surface area contributed by atoms with Gasteiger partial charge in [-0.15, -0.1) is 0 Å². The normalized spacial score (nSPS) is 11.6. The maximum Gasteiger partial charge on any atom is 0.147 e. The molecule has 0 saturated heterocycles. The van der Waals surface area contributed by atoms with Crippen molar-refractivity contribution in [2.75, 3.05) is 4.90 Å². The number of anilines is 3. The highest BCUT2D eigenvalue weighted by molar-refractivity contribution is 6.29. The Bertz CT molecular complexity index is 3400. The fraction of sp³-hybridized carbons (Fsp3) is 0.